The van der Waals surface area contributed by atoms with Gasteiger partial charge < -0.3 is 15.2 Å². The Bertz CT molecular complexity index is 1030. The molecular weight excluding hydrogens is 368 g/mol. The summed E-state index contributed by atoms with van der Waals surface area (Å²) in [4.78, 5) is 28.6. The van der Waals surface area contributed by atoms with E-state index < -0.39 is 17.9 Å². The number of aryl methyl sites for hydroxylation is 1. The molecule has 0 fully saturated rings. The number of nitrogens with zero attached hydrogens (tertiary/aromatic N) is 1. The SMILES string of the molecule is COc1cccc(-c2cccc(C(=O)N[C@@H](CC(=O)O)c3ccccc3C)n2)c1. The highest BCUT2D eigenvalue weighted by Crippen LogP contribution is 2.24. The Morgan fingerprint density at radius 1 is 1.07 bits per heavy atom. The van der Waals surface area contributed by atoms with E-state index in [9.17, 15) is 14.7 Å². The monoisotopic (exact) mass is 390 g/mol. The van der Waals surface area contributed by atoms with Crippen molar-refractivity contribution in [3.05, 3.63) is 83.6 Å². The molecule has 148 valence electrons. The number of carbonyl (C=O) groups is 2. The minimum atomic E-state index is -0.989. The lowest BCUT2D eigenvalue weighted by atomic mass is 9.98. The zero-order chi connectivity index (χ0) is 20.8. The number of hydrogen-bond acceptors (Lipinski definition) is 4. The molecule has 0 spiro atoms. The second kappa shape index (κ2) is 9.01. The van der Waals surface area contributed by atoms with Crippen LogP contribution in [0.4, 0.5) is 0 Å². The average molecular weight is 390 g/mol. The molecule has 2 aromatic carbocycles. The Morgan fingerprint density at radius 2 is 1.83 bits per heavy atom. The Labute approximate surface area is 169 Å². The Balaban J connectivity index is 1.87. The molecule has 2 N–H and O–H groups in total. The van der Waals surface area contributed by atoms with Crippen molar-refractivity contribution < 1.29 is 19.4 Å². The number of amides is 1. The predicted molar refractivity (Wildman–Crippen MR) is 110 cm³/mol. The van der Waals surface area contributed by atoms with E-state index in [1.54, 1.807) is 19.2 Å². The highest BCUT2D eigenvalue weighted by molar-refractivity contribution is 5.93. The second-order valence-corrected chi connectivity index (χ2v) is 6.62. The van der Waals surface area contributed by atoms with Gasteiger partial charge in [-0.2, -0.15) is 0 Å². The molecule has 1 atom stereocenters. The molecule has 0 radical (unpaired) electrons. The van der Waals surface area contributed by atoms with E-state index in [0.29, 0.717) is 11.4 Å². The summed E-state index contributed by atoms with van der Waals surface area (Å²) in [5.41, 5.74) is 3.35. The van der Waals surface area contributed by atoms with Crippen molar-refractivity contribution in [1.29, 1.82) is 0 Å². The maximum absolute atomic E-state index is 12.8. The molecule has 0 aliphatic heterocycles. The second-order valence-electron chi connectivity index (χ2n) is 6.62. The first-order chi connectivity index (χ1) is 14.0. The van der Waals surface area contributed by atoms with Gasteiger partial charge in [0.05, 0.1) is 25.3 Å². The summed E-state index contributed by atoms with van der Waals surface area (Å²) >= 11 is 0. The number of benzene rings is 2. The van der Waals surface area contributed by atoms with Crippen molar-refractivity contribution >= 4 is 11.9 Å². The molecule has 3 aromatic rings. The lowest BCUT2D eigenvalue weighted by Gasteiger charge is -2.19. The maximum Gasteiger partial charge on any atom is 0.305 e. The molecule has 1 aromatic heterocycles. The fraction of sp³-hybridized carbons (Fsp3) is 0.174. The van der Waals surface area contributed by atoms with Crippen LogP contribution in [0, 0.1) is 6.92 Å². The number of carbonyl (C=O) groups excluding carboxylic acids is 1. The first kappa shape index (κ1) is 20.1. The van der Waals surface area contributed by atoms with E-state index in [2.05, 4.69) is 10.3 Å². The van der Waals surface area contributed by atoms with Gasteiger partial charge in [-0.1, -0.05) is 42.5 Å². The maximum atomic E-state index is 12.8. The molecule has 0 bridgehead atoms. The Morgan fingerprint density at radius 3 is 2.55 bits per heavy atom. The van der Waals surface area contributed by atoms with Crippen LogP contribution < -0.4 is 10.1 Å². The van der Waals surface area contributed by atoms with Gasteiger partial charge in [-0.3, -0.25) is 9.59 Å². The minimum Gasteiger partial charge on any atom is -0.497 e. The first-order valence-electron chi connectivity index (χ1n) is 9.17. The standard InChI is InChI=1S/C23H22N2O4/c1-15-7-3-4-10-18(15)21(14-22(26)27)25-23(28)20-12-6-11-19(24-20)16-8-5-9-17(13-16)29-2/h3-13,21H,14H2,1-2H3,(H,25,28)(H,26,27)/t21-/m0/s1. The molecule has 29 heavy (non-hydrogen) atoms. The normalized spacial score (nSPS) is 11.5. The lowest BCUT2D eigenvalue weighted by Crippen LogP contribution is -2.31. The average Bonchev–Trinajstić information content (AvgIpc) is 2.73. The number of carboxylic acids is 1. The van der Waals surface area contributed by atoms with Crippen LogP contribution in [0.5, 0.6) is 5.75 Å². The van der Waals surface area contributed by atoms with Crippen LogP contribution in [0.15, 0.2) is 66.7 Å². The van der Waals surface area contributed by atoms with Crippen LogP contribution in [-0.2, 0) is 4.79 Å². The van der Waals surface area contributed by atoms with Gasteiger partial charge in [-0.05, 0) is 42.3 Å². The summed E-state index contributed by atoms with van der Waals surface area (Å²) in [6.45, 7) is 1.89. The summed E-state index contributed by atoms with van der Waals surface area (Å²) in [6, 6.07) is 19.3. The number of carboxylic acid groups (broad SMARTS) is 1. The van der Waals surface area contributed by atoms with Crippen LogP contribution >= 0.6 is 0 Å². The van der Waals surface area contributed by atoms with Crippen molar-refractivity contribution in [3.8, 4) is 17.0 Å². The molecule has 0 aliphatic carbocycles. The smallest absolute Gasteiger partial charge is 0.305 e. The number of aliphatic carboxylic acids is 1. The number of rotatable bonds is 7. The summed E-state index contributed by atoms with van der Waals surface area (Å²) in [7, 11) is 1.59. The fourth-order valence-corrected chi connectivity index (χ4v) is 3.13. The van der Waals surface area contributed by atoms with E-state index in [1.165, 1.54) is 0 Å². The van der Waals surface area contributed by atoms with Gasteiger partial charge in [-0.25, -0.2) is 4.98 Å². The van der Waals surface area contributed by atoms with Crippen molar-refractivity contribution in [3.63, 3.8) is 0 Å². The van der Waals surface area contributed by atoms with E-state index in [1.807, 2.05) is 61.5 Å². The number of methoxy groups -OCH3 is 1. The molecule has 6 heteroatoms. The van der Waals surface area contributed by atoms with E-state index in [-0.39, 0.29) is 12.1 Å². The lowest BCUT2D eigenvalue weighted by molar-refractivity contribution is -0.137. The molecule has 0 unspecified atom stereocenters. The summed E-state index contributed by atoms with van der Waals surface area (Å²) in [5, 5.41) is 12.1. The molecular formula is C23H22N2O4. The van der Waals surface area contributed by atoms with Crippen molar-refractivity contribution in [1.82, 2.24) is 10.3 Å². The molecule has 0 saturated heterocycles. The van der Waals surface area contributed by atoms with Gasteiger partial charge in [-0.15, -0.1) is 0 Å². The van der Waals surface area contributed by atoms with Crippen molar-refractivity contribution in [2.24, 2.45) is 0 Å². The van der Waals surface area contributed by atoms with Crippen LogP contribution in [-0.4, -0.2) is 29.1 Å². The zero-order valence-corrected chi connectivity index (χ0v) is 16.3. The first-order valence-corrected chi connectivity index (χ1v) is 9.17. The van der Waals surface area contributed by atoms with Crippen molar-refractivity contribution in [2.45, 2.75) is 19.4 Å². The third kappa shape index (κ3) is 4.99. The van der Waals surface area contributed by atoms with Crippen molar-refractivity contribution in [2.75, 3.05) is 7.11 Å². The molecule has 6 nitrogen and oxygen atoms in total. The van der Waals surface area contributed by atoms with Gasteiger partial charge in [0.15, 0.2) is 0 Å². The third-order valence-corrected chi connectivity index (χ3v) is 4.60. The Hall–Kier alpha value is -3.67. The molecule has 0 aliphatic rings. The summed E-state index contributed by atoms with van der Waals surface area (Å²) in [6.07, 6.45) is -0.216. The van der Waals surface area contributed by atoms with Crippen LogP contribution in [0.1, 0.15) is 34.1 Å². The van der Waals surface area contributed by atoms with Gasteiger partial charge >= 0.3 is 5.97 Å². The highest BCUT2D eigenvalue weighted by Gasteiger charge is 2.21. The Kier molecular flexibility index (Phi) is 6.24. The molecule has 0 saturated carbocycles. The molecule has 1 heterocycles. The van der Waals surface area contributed by atoms with Gasteiger partial charge in [0.2, 0.25) is 0 Å². The van der Waals surface area contributed by atoms with Crippen LogP contribution in [0.3, 0.4) is 0 Å². The van der Waals surface area contributed by atoms with E-state index in [4.69, 9.17) is 4.74 Å². The predicted octanol–water partition coefficient (Wildman–Crippen LogP) is 4.01. The van der Waals surface area contributed by atoms with Gasteiger partial charge in [0.25, 0.3) is 5.91 Å². The molecule has 1 amide bonds. The quantitative estimate of drug-likeness (QED) is 0.636. The topological polar surface area (TPSA) is 88.5 Å². The summed E-state index contributed by atoms with van der Waals surface area (Å²) < 4.78 is 5.24. The number of pyridine rings is 1. The number of nitrogens with one attached hydrogen (secondary N) is 1. The van der Waals surface area contributed by atoms with E-state index in [0.717, 1.165) is 16.7 Å². The number of aromatic nitrogens is 1. The minimum absolute atomic E-state index is 0.216. The number of hydrogen-bond donors (Lipinski definition) is 2. The van der Waals surface area contributed by atoms with Crippen LogP contribution in [0.2, 0.25) is 0 Å². The fourth-order valence-electron chi connectivity index (χ4n) is 3.13. The highest BCUT2D eigenvalue weighted by atomic mass is 16.5. The van der Waals surface area contributed by atoms with Gasteiger partial charge in [0, 0.05) is 5.56 Å². The van der Waals surface area contributed by atoms with Gasteiger partial charge in [0.1, 0.15) is 11.4 Å². The third-order valence-electron chi connectivity index (χ3n) is 4.60. The van der Waals surface area contributed by atoms with Crippen LogP contribution in [0.25, 0.3) is 11.3 Å². The van der Waals surface area contributed by atoms with E-state index >= 15 is 0 Å². The number of ether oxygens (including phenoxy) is 1. The summed E-state index contributed by atoms with van der Waals surface area (Å²) in [5.74, 6) is -0.721. The largest absolute Gasteiger partial charge is 0.497 e. The molecule has 3 rings (SSSR count). The zero-order valence-electron chi connectivity index (χ0n) is 16.3.